The summed E-state index contributed by atoms with van der Waals surface area (Å²) >= 11 is 0. The fourth-order valence-electron chi connectivity index (χ4n) is 2.27. The van der Waals surface area contributed by atoms with Gasteiger partial charge in [-0.05, 0) is 18.8 Å². The fourth-order valence-corrected chi connectivity index (χ4v) is 2.27. The number of nitrogens with zero attached hydrogens (tertiary/aromatic N) is 1. The van der Waals surface area contributed by atoms with Crippen LogP contribution in [0.25, 0.3) is 0 Å². The molecule has 1 aliphatic rings. The van der Waals surface area contributed by atoms with E-state index >= 15 is 0 Å². The van der Waals surface area contributed by atoms with Crippen molar-refractivity contribution in [2.75, 3.05) is 13.2 Å². The maximum atomic E-state index is 12.2. The van der Waals surface area contributed by atoms with Crippen molar-refractivity contribution >= 4 is 5.91 Å². The predicted octanol–water partition coefficient (Wildman–Crippen LogP) is 0.733. The summed E-state index contributed by atoms with van der Waals surface area (Å²) in [5.41, 5.74) is 5.89. The molecule has 0 aromatic carbocycles. The van der Waals surface area contributed by atoms with E-state index in [1.54, 1.807) is 4.90 Å². The molecule has 1 aliphatic carbocycles. The van der Waals surface area contributed by atoms with Crippen LogP contribution in [0.1, 0.15) is 39.5 Å². The zero-order valence-electron chi connectivity index (χ0n) is 10.4. The molecule has 0 aliphatic heterocycles. The smallest absolute Gasteiger partial charge is 0.240 e. The SMILES string of the molecule is CC(C)[C@@H](N)C(=O)N(CCO)C1CCCC1. The first kappa shape index (κ1) is 13.5. The second-order valence-electron chi connectivity index (χ2n) is 4.96. The number of amides is 1. The minimum absolute atomic E-state index is 0.00375. The lowest BCUT2D eigenvalue weighted by molar-refractivity contribution is -0.136. The van der Waals surface area contributed by atoms with E-state index in [0.717, 1.165) is 12.8 Å². The minimum atomic E-state index is -0.438. The minimum Gasteiger partial charge on any atom is -0.395 e. The van der Waals surface area contributed by atoms with Crippen LogP contribution in [-0.4, -0.2) is 41.1 Å². The number of hydrogen-bond donors (Lipinski definition) is 2. The number of hydrogen-bond acceptors (Lipinski definition) is 3. The molecule has 1 amide bonds. The Morgan fingerprint density at radius 1 is 1.44 bits per heavy atom. The number of carbonyl (C=O) groups excluding carboxylic acids is 1. The summed E-state index contributed by atoms with van der Waals surface area (Å²) in [7, 11) is 0. The summed E-state index contributed by atoms with van der Waals surface area (Å²) in [4.78, 5) is 13.9. The van der Waals surface area contributed by atoms with Crippen LogP contribution in [0.2, 0.25) is 0 Å². The molecule has 3 N–H and O–H groups in total. The van der Waals surface area contributed by atoms with Crippen molar-refractivity contribution in [3.8, 4) is 0 Å². The van der Waals surface area contributed by atoms with Crippen molar-refractivity contribution in [1.82, 2.24) is 4.90 Å². The van der Waals surface area contributed by atoms with Crippen LogP contribution in [0.3, 0.4) is 0 Å². The second kappa shape index (κ2) is 6.21. The Labute approximate surface area is 97.8 Å². The molecule has 0 heterocycles. The van der Waals surface area contributed by atoms with Gasteiger partial charge in [-0.2, -0.15) is 0 Å². The summed E-state index contributed by atoms with van der Waals surface area (Å²) in [6.45, 7) is 4.35. The molecule has 0 bridgehead atoms. The third-order valence-corrected chi connectivity index (χ3v) is 3.39. The zero-order chi connectivity index (χ0) is 12.1. The van der Waals surface area contributed by atoms with Crippen molar-refractivity contribution in [1.29, 1.82) is 0 Å². The highest BCUT2D eigenvalue weighted by atomic mass is 16.3. The molecule has 16 heavy (non-hydrogen) atoms. The van der Waals surface area contributed by atoms with E-state index < -0.39 is 6.04 Å². The first-order valence-electron chi connectivity index (χ1n) is 6.24. The second-order valence-corrected chi connectivity index (χ2v) is 4.96. The number of nitrogens with two attached hydrogens (primary N) is 1. The Balaban J connectivity index is 2.64. The maximum Gasteiger partial charge on any atom is 0.240 e. The molecular weight excluding hydrogens is 204 g/mol. The fraction of sp³-hybridized carbons (Fsp3) is 0.917. The van der Waals surface area contributed by atoms with Crippen molar-refractivity contribution in [3.05, 3.63) is 0 Å². The predicted molar refractivity (Wildman–Crippen MR) is 63.9 cm³/mol. The molecular formula is C12H24N2O2. The van der Waals surface area contributed by atoms with E-state index in [1.165, 1.54) is 12.8 Å². The summed E-state index contributed by atoms with van der Waals surface area (Å²) in [5.74, 6) is 0.144. The molecule has 0 spiro atoms. The summed E-state index contributed by atoms with van der Waals surface area (Å²) in [6, 6.07) is -0.142. The summed E-state index contributed by atoms with van der Waals surface area (Å²) in [6.07, 6.45) is 4.46. The Kier molecular flexibility index (Phi) is 5.22. The van der Waals surface area contributed by atoms with Crippen molar-refractivity contribution in [3.63, 3.8) is 0 Å². The first-order chi connectivity index (χ1) is 7.57. The lowest BCUT2D eigenvalue weighted by Crippen LogP contribution is -2.50. The van der Waals surface area contributed by atoms with Crippen LogP contribution < -0.4 is 5.73 Å². The van der Waals surface area contributed by atoms with Gasteiger partial charge >= 0.3 is 0 Å². The monoisotopic (exact) mass is 228 g/mol. The molecule has 94 valence electrons. The largest absolute Gasteiger partial charge is 0.395 e. The molecule has 4 heteroatoms. The van der Waals surface area contributed by atoms with Crippen molar-refractivity contribution < 1.29 is 9.90 Å². The van der Waals surface area contributed by atoms with Crippen molar-refractivity contribution in [2.45, 2.75) is 51.6 Å². The maximum absolute atomic E-state index is 12.2. The van der Waals surface area contributed by atoms with Crippen LogP contribution in [0, 0.1) is 5.92 Å². The van der Waals surface area contributed by atoms with Gasteiger partial charge in [0.05, 0.1) is 12.6 Å². The van der Waals surface area contributed by atoms with Crippen LogP contribution in [-0.2, 0) is 4.79 Å². The quantitative estimate of drug-likeness (QED) is 0.729. The highest BCUT2D eigenvalue weighted by molar-refractivity contribution is 5.82. The Bertz CT molecular complexity index is 225. The van der Waals surface area contributed by atoms with E-state index in [9.17, 15) is 4.79 Å². The van der Waals surface area contributed by atoms with Crippen LogP contribution >= 0.6 is 0 Å². The lowest BCUT2D eigenvalue weighted by Gasteiger charge is -2.31. The van der Waals surface area contributed by atoms with Crippen LogP contribution in [0.4, 0.5) is 0 Å². The molecule has 1 saturated carbocycles. The number of carbonyl (C=O) groups is 1. The van der Waals surface area contributed by atoms with Gasteiger partial charge in [-0.25, -0.2) is 0 Å². The van der Waals surface area contributed by atoms with E-state index in [1.807, 2.05) is 13.8 Å². The Morgan fingerprint density at radius 2 is 2.00 bits per heavy atom. The molecule has 0 aromatic rings. The average molecular weight is 228 g/mol. The Hall–Kier alpha value is -0.610. The lowest BCUT2D eigenvalue weighted by atomic mass is 10.0. The number of rotatable bonds is 5. The van der Waals surface area contributed by atoms with Gasteiger partial charge in [0.15, 0.2) is 0 Å². The van der Waals surface area contributed by atoms with Gasteiger partial charge in [0.25, 0.3) is 0 Å². The van der Waals surface area contributed by atoms with Crippen LogP contribution in [0.15, 0.2) is 0 Å². The molecule has 0 saturated heterocycles. The standard InChI is InChI=1S/C12H24N2O2/c1-9(2)11(13)12(16)14(7-8-15)10-5-3-4-6-10/h9-11,15H,3-8,13H2,1-2H3/t11-/m1/s1. The molecule has 0 unspecified atom stereocenters. The van der Waals surface area contributed by atoms with Gasteiger partial charge in [0.1, 0.15) is 0 Å². The van der Waals surface area contributed by atoms with Gasteiger partial charge < -0.3 is 15.7 Å². The number of aliphatic hydroxyl groups excluding tert-OH is 1. The normalized spacial score (nSPS) is 19.1. The van der Waals surface area contributed by atoms with Gasteiger partial charge in [-0.1, -0.05) is 26.7 Å². The topological polar surface area (TPSA) is 66.6 Å². The molecule has 4 nitrogen and oxygen atoms in total. The number of aliphatic hydroxyl groups is 1. The van der Waals surface area contributed by atoms with Gasteiger partial charge in [-0.3, -0.25) is 4.79 Å². The van der Waals surface area contributed by atoms with Gasteiger partial charge in [0, 0.05) is 12.6 Å². The third-order valence-electron chi connectivity index (χ3n) is 3.39. The molecule has 0 aromatic heterocycles. The third kappa shape index (κ3) is 3.19. The van der Waals surface area contributed by atoms with E-state index in [2.05, 4.69) is 0 Å². The molecule has 1 rings (SSSR count). The van der Waals surface area contributed by atoms with Crippen LogP contribution in [0.5, 0.6) is 0 Å². The van der Waals surface area contributed by atoms with E-state index in [4.69, 9.17) is 10.8 Å². The van der Waals surface area contributed by atoms with E-state index in [0.29, 0.717) is 12.6 Å². The zero-order valence-corrected chi connectivity index (χ0v) is 10.4. The van der Waals surface area contributed by atoms with E-state index in [-0.39, 0.29) is 18.4 Å². The molecule has 1 atom stereocenters. The highest BCUT2D eigenvalue weighted by Gasteiger charge is 2.30. The first-order valence-corrected chi connectivity index (χ1v) is 6.24. The summed E-state index contributed by atoms with van der Waals surface area (Å²) in [5, 5.41) is 9.03. The van der Waals surface area contributed by atoms with Gasteiger partial charge in [-0.15, -0.1) is 0 Å². The highest BCUT2D eigenvalue weighted by Crippen LogP contribution is 2.24. The van der Waals surface area contributed by atoms with Gasteiger partial charge in [0.2, 0.25) is 5.91 Å². The van der Waals surface area contributed by atoms with Crippen molar-refractivity contribution in [2.24, 2.45) is 11.7 Å². The Morgan fingerprint density at radius 3 is 2.44 bits per heavy atom. The molecule has 0 radical (unpaired) electrons. The molecule has 1 fully saturated rings. The summed E-state index contributed by atoms with van der Waals surface area (Å²) < 4.78 is 0. The average Bonchev–Trinajstić information content (AvgIpc) is 2.76.